The number of carbonyl (C=O) groups excluding carboxylic acids is 1. The van der Waals surface area contributed by atoms with Crippen LogP contribution in [0.5, 0.6) is 0 Å². The summed E-state index contributed by atoms with van der Waals surface area (Å²) in [5, 5.41) is 6.49. The molecule has 2 N–H and O–H groups in total. The van der Waals surface area contributed by atoms with Gasteiger partial charge in [-0.1, -0.05) is 32.6 Å². The van der Waals surface area contributed by atoms with E-state index in [0.717, 1.165) is 31.8 Å². The first-order valence-corrected chi connectivity index (χ1v) is 6.80. The standard InChI is InChI=1S/C13H24N2O/c1-2-4-11-5-3-7-13(8-6-11)12(16)14-9-10-15-13/h11,15H,2-10H2,1H3,(H,14,16). The third-order valence-electron chi connectivity index (χ3n) is 4.20. The number of carbonyl (C=O) groups is 1. The van der Waals surface area contributed by atoms with Gasteiger partial charge in [-0.15, -0.1) is 0 Å². The quantitative estimate of drug-likeness (QED) is 0.751. The van der Waals surface area contributed by atoms with Crippen molar-refractivity contribution in [2.75, 3.05) is 13.1 Å². The summed E-state index contributed by atoms with van der Waals surface area (Å²) in [5.41, 5.74) is -0.221. The maximum Gasteiger partial charge on any atom is 0.240 e. The van der Waals surface area contributed by atoms with Crippen molar-refractivity contribution in [1.29, 1.82) is 0 Å². The maximum absolute atomic E-state index is 12.0. The number of piperazine rings is 1. The van der Waals surface area contributed by atoms with Gasteiger partial charge in [0.1, 0.15) is 0 Å². The van der Waals surface area contributed by atoms with Crippen LogP contribution in [0.25, 0.3) is 0 Å². The van der Waals surface area contributed by atoms with Crippen LogP contribution in [0, 0.1) is 5.92 Å². The predicted molar refractivity (Wildman–Crippen MR) is 65.2 cm³/mol. The second-order valence-corrected chi connectivity index (χ2v) is 5.35. The van der Waals surface area contributed by atoms with Crippen molar-refractivity contribution >= 4 is 5.91 Å². The molecule has 0 aromatic rings. The Bertz CT molecular complexity index is 254. The van der Waals surface area contributed by atoms with Crippen LogP contribution < -0.4 is 10.6 Å². The Morgan fingerprint density at radius 1 is 1.31 bits per heavy atom. The normalized spacial score (nSPS) is 35.8. The monoisotopic (exact) mass is 224 g/mol. The summed E-state index contributed by atoms with van der Waals surface area (Å²) in [7, 11) is 0. The summed E-state index contributed by atoms with van der Waals surface area (Å²) in [4.78, 5) is 12.0. The molecule has 0 bridgehead atoms. The van der Waals surface area contributed by atoms with E-state index in [4.69, 9.17) is 0 Å². The molecule has 1 spiro atoms. The molecule has 0 aromatic carbocycles. The highest BCUT2D eigenvalue weighted by atomic mass is 16.2. The van der Waals surface area contributed by atoms with Crippen molar-refractivity contribution < 1.29 is 4.79 Å². The Morgan fingerprint density at radius 3 is 2.94 bits per heavy atom. The van der Waals surface area contributed by atoms with Gasteiger partial charge < -0.3 is 10.6 Å². The number of rotatable bonds is 2. The number of hydrogen-bond donors (Lipinski definition) is 2. The van der Waals surface area contributed by atoms with Crippen LogP contribution in [0.15, 0.2) is 0 Å². The molecule has 2 rings (SSSR count). The van der Waals surface area contributed by atoms with E-state index >= 15 is 0 Å². The second kappa shape index (κ2) is 5.17. The van der Waals surface area contributed by atoms with Gasteiger partial charge in [0.2, 0.25) is 5.91 Å². The van der Waals surface area contributed by atoms with Crippen molar-refractivity contribution in [3.8, 4) is 0 Å². The van der Waals surface area contributed by atoms with E-state index in [9.17, 15) is 4.79 Å². The summed E-state index contributed by atoms with van der Waals surface area (Å²) in [6, 6.07) is 0. The molecule has 0 aromatic heterocycles. The van der Waals surface area contributed by atoms with Crippen LogP contribution >= 0.6 is 0 Å². The van der Waals surface area contributed by atoms with Crippen molar-refractivity contribution in [2.45, 2.75) is 57.4 Å². The molecule has 2 atom stereocenters. The highest BCUT2D eigenvalue weighted by Gasteiger charge is 2.40. The molecule has 16 heavy (non-hydrogen) atoms. The minimum absolute atomic E-state index is 0.221. The fourth-order valence-electron chi connectivity index (χ4n) is 3.24. The van der Waals surface area contributed by atoms with Crippen LogP contribution in [0.3, 0.4) is 0 Å². The lowest BCUT2D eigenvalue weighted by Crippen LogP contribution is -2.62. The topological polar surface area (TPSA) is 41.1 Å². The summed E-state index contributed by atoms with van der Waals surface area (Å²) in [6.07, 6.45) is 8.39. The van der Waals surface area contributed by atoms with E-state index in [1.165, 1.54) is 32.1 Å². The molecule has 92 valence electrons. The van der Waals surface area contributed by atoms with Crippen molar-refractivity contribution in [1.82, 2.24) is 10.6 Å². The molecule has 2 unspecified atom stereocenters. The first kappa shape index (κ1) is 11.9. The molecule has 0 radical (unpaired) electrons. The van der Waals surface area contributed by atoms with Crippen molar-refractivity contribution in [3.63, 3.8) is 0 Å². The number of nitrogens with one attached hydrogen (secondary N) is 2. The molecule has 1 amide bonds. The summed E-state index contributed by atoms with van der Waals surface area (Å²) >= 11 is 0. The smallest absolute Gasteiger partial charge is 0.240 e. The SMILES string of the molecule is CCCC1CCCC2(CC1)NCCNC2=O. The van der Waals surface area contributed by atoms with E-state index in [1.807, 2.05) is 0 Å². The lowest BCUT2D eigenvalue weighted by atomic mass is 9.87. The fourth-order valence-corrected chi connectivity index (χ4v) is 3.24. The van der Waals surface area contributed by atoms with Gasteiger partial charge in [-0.05, 0) is 25.2 Å². The second-order valence-electron chi connectivity index (χ2n) is 5.35. The molecule has 1 heterocycles. The molecule has 2 aliphatic rings. The zero-order valence-electron chi connectivity index (χ0n) is 10.3. The van der Waals surface area contributed by atoms with Crippen LogP contribution in [0.1, 0.15) is 51.9 Å². The van der Waals surface area contributed by atoms with E-state index in [1.54, 1.807) is 0 Å². The van der Waals surface area contributed by atoms with Gasteiger partial charge in [0.25, 0.3) is 0 Å². The average Bonchev–Trinajstić information content (AvgIpc) is 2.48. The third-order valence-corrected chi connectivity index (χ3v) is 4.20. The fraction of sp³-hybridized carbons (Fsp3) is 0.923. The van der Waals surface area contributed by atoms with Gasteiger partial charge in [0.15, 0.2) is 0 Å². The summed E-state index contributed by atoms with van der Waals surface area (Å²) in [5.74, 6) is 1.09. The minimum atomic E-state index is -0.221. The van der Waals surface area contributed by atoms with Crippen LogP contribution in [-0.4, -0.2) is 24.5 Å². The molecular weight excluding hydrogens is 200 g/mol. The maximum atomic E-state index is 12.0. The third kappa shape index (κ3) is 2.40. The highest BCUT2D eigenvalue weighted by molar-refractivity contribution is 5.87. The van der Waals surface area contributed by atoms with E-state index < -0.39 is 0 Å². The Hall–Kier alpha value is -0.570. The van der Waals surface area contributed by atoms with Gasteiger partial charge in [-0.3, -0.25) is 4.79 Å². The molecule has 1 aliphatic carbocycles. The van der Waals surface area contributed by atoms with Crippen molar-refractivity contribution in [2.24, 2.45) is 5.92 Å². The largest absolute Gasteiger partial charge is 0.353 e. The van der Waals surface area contributed by atoms with E-state index in [-0.39, 0.29) is 11.4 Å². The average molecular weight is 224 g/mol. The number of hydrogen-bond acceptors (Lipinski definition) is 2. The molecule has 3 heteroatoms. The van der Waals surface area contributed by atoms with Crippen molar-refractivity contribution in [3.05, 3.63) is 0 Å². The molecular formula is C13H24N2O. The Balaban J connectivity index is 1.98. The Kier molecular flexibility index (Phi) is 3.85. The molecule has 1 aliphatic heterocycles. The Labute approximate surface area is 98.4 Å². The van der Waals surface area contributed by atoms with Crippen LogP contribution in [-0.2, 0) is 4.79 Å². The van der Waals surface area contributed by atoms with E-state index in [0.29, 0.717) is 0 Å². The lowest BCUT2D eigenvalue weighted by Gasteiger charge is -2.36. The summed E-state index contributed by atoms with van der Waals surface area (Å²) in [6.45, 7) is 3.98. The molecule has 1 saturated heterocycles. The number of amides is 1. The van der Waals surface area contributed by atoms with Gasteiger partial charge in [0.05, 0.1) is 5.54 Å². The van der Waals surface area contributed by atoms with Crippen LogP contribution in [0.4, 0.5) is 0 Å². The highest BCUT2D eigenvalue weighted by Crippen LogP contribution is 2.33. The van der Waals surface area contributed by atoms with E-state index in [2.05, 4.69) is 17.6 Å². The predicted octanol–water partition coefficient (Wildman–Crippen LogP) is 1.82. The molecule has 3 nitrogen and oxygen atoms in total. The lowest BCUT2D eigenvalue weighted by molar-refractivity contribution is -0.129. The van der Waals surface area contributed by atoms with Crippen LogP contribution in [0.2, 0.25) is 0 Å². The first-order chi connectivity index (χ1) is 7.77. The molecule has 1 saturated carbocycles. The molecule has 2 fully saturated rings. The van der Waals surface area contributed by atoms with Gasteiger partial charge in [0, 0.05) is 13.1 Å². The van der Waals surface area contributed by atoms with Gasteiger partial charge in [-0.25, -0.2) is 0 Å². The Morgan fingerprint density at radius 2 is 2.19 bits per heavy atom. The van der Waals surface area contributed by atoms with Gasteiger partial charge >= 0.3 is 0 Å². The summed E-state index contributed by atoms with van der Waals surface area (Å²) < 4.78 is 0. The first-order valence-electron chi connectivity index (χ1n) is 6.80. The minimum Gasteiger partial charge on any atom is -0.353 e. The zero-order chi connectivity index (χ0) is 11.4. The zero-order valence-corrected chi connectivity index (χ0v) is 10.3. The van der Waals surface area contributed by atoms with Gasteiger partial charge in [-0.2, -0.15) is 0 Å².